The minimum atomic E-state index is -0.713. The van der Waals surface area contributed by atoms with Crippen molar-refractivity contribution in [2.75, 3.05) is 5.32 Å². The van der Waals surface area contributed by atoms with Crippen LogP contribution in [0.5, 0.6) is 0 Å². The molecule has 0 aliphatic rings. The van der Waals surface area contributed by atoms with Gasteiger partial charge in [0.05, 0.1) is 6.04 Å². The smallest absolute Gasteiger partial charge is 0.244 e. The second kappa shape index (κ2) is 9.59. The van der Waals surface area contributed by atoms with Crippen molar-refractivity contribution in [1.82, 2.24) is 10.3 Å². The van der Waals surface area contributed by atoms with Gasteiger partial charge in [0.15, 0.2) is 0 Å². The Bertz CT molecular complexity index is 1010. The van der Waals surface area contributed by atoms with Crippen LogP contribution in [0.3, 0.4) is 0 Å². The van der Waals surface area contributed by atoms with E-state index >= 15 is 0 Å². The maximum absolute atomic E-state index is 13.6. The first kappa shape index (κ1) is 20.2. The van der Waals surface area contributed by atoms with Gasteiger partial charge >= 0.3 is 0 Å². The number of anilines is 1. The van der Waals surface area contributed by atoms with Crippen LogP contribution in [-0.2, 0) is 11.3 Å². The van der Waals surface area contributed by atoms with Crippen LogP contribution in [0, 0.1) is 11.6 Å². The molecule has 1 aromatic heterocycles. The highest BCUT2D eigenvalue weighted by Gasteiger charge is 2.09. The number of pyridine rings is 1. The van der Waals surface area contributed by atoms with Gasteiger partial charge in [0, 0.05) is 42.3 Å². The predicted octanol–water partition coefficient (Wildman–Crippen LogP) is 4.86. The summed E-state index contributed by atoms with van der Waals surface area (Å²) in [5, 5.41) is 6.17. The summed E-state index contributed by atoms with van der Waals surface area (Å²) >= 11 is 0. The van der Waals surface area contributed by atoms with Gasteiger partial charge in [0.1, 0.15) is 11.6 Å². The van der Waals surface area contributed by atoms with E-state index in [-0.39, 0.29) is 17.5 Å². The van der Waals surface area contributed by atoms with Crippen molar-refractivity contribution >= 4 is 17.7 Å². The molecule has 1 heterocycles. The molecule has 2 aromatic carbocycles. The van der Waals surface area contributed by atoms with E-state index in [0.29, 0.717) is 6.54 Å². The SMILES string of the molecule is C[C@H](NC(=O)C=Cc1ccc(F)cc1F)c1cccc(NCc2cccnc2)c1. The highest BCUT2D eigenvalue weighted by atomic mass is 19.1. The Hall–Kier alpha value is -3.54. The van der Waals surface area contributed by atoms with E-state index in [4.69, 9.17) is 0 Å². The van der Waals surface area contributed by atoms with Crippen molar-refractivity contribution < 1.29 is 13.6 Å². The monoisotopic (exact) mass is 393 g/mol. The van der Waals surface area contributed by atoms with Gasteiger partial charge in [0.25, 0.3) is 0 Å². The number of hydrogen-bond donors (Lipinski definition) is 2. The van der Waals surface area contributed by atoms with Crippen LogP contribution >= 0.6 is 0 Å². The molecule has 0 aliphatic heterocycles. The lowest BCUT2D eigenvalue weighted by Gasteiger charge is -2.15. The minimum absolute atomic E-state index is 0.149. The number of benzene rings is 2. The van der Waals surface area contributed by atoms with Crippen molar-refractivity contribution in [3.63, 3.8) is 0 Å². The first-order valence-corrected chi connectivity index (χ1v) is 9.17. The molecule has 0 spiro atoms. The summed E-state index contributed by atoms with van der Waals surface area (Å²) in [4.78, 5) is 16.2. The average molecular weight is 393 g/mol. The number of carbonyl (C=O) groups excluding carboxylic acids is 1. The number of halogens is 2. The number of nitrogens with one attached hydrogen (secondary N) is 2. The van der Waals surface area contributed by atoms with E-state index in [1.807, 2.05) is 43.3 Å². The van der Waals surface area contributed by atoms with Gasteiger partial charge in [-0.2, -0.15) is 0 Å². The van der Waals surface area contributed by atoms with Crippen LogP contribution in [0.25, 0.3) is 6.08 Å². The summed E-state index contributed by atoms with van der Waals surface area (Å²) in [5.41, 5.74) is 3.07. The van der Waals surface area contributed by atoms with Crippen molar-refractivity contribution in [3.05, 3.63) is 101 Å². The molecule has 3 rings (SSSR count). The van der Waals surface area contributed by atoms with Crippen LogP contribution in [0.2, 0.25) is 0 Å². The maximum atomic E-state index is 13.6. The molecule has 0 radical (unpaired) electrons. The van der Waals surface area contributed by atoms with E-state index in [9.17, 15) is 13.6 Å². The summed E-state index contributed by atoms with van der Waals surface area (Å²) < 4.78 is 26.6. The van der Waals surface area contributed by atoms with Crippen LogP contribution < -0.4 is 10.6 Å². The van der Waals surface area contributed by atoms with E-state index in [1.165, 1.54) is 18.2 Å². The van der Waals surface area contributed by atoms with Gasteiger partial charge in [-0.05, 0) is 54.5 Å². The fourth-order valence-electron chi connectivity index (χ4n) is 2.77. The van der Waals surface area contributed by atoms with Gasteiger partial charge in [-0.3, -0.25) is 9.78 Å². The first-order chi connectivity index (χ1) is 14.0. The van der Waals surface area contributed by atoms with Crippen LogP contribution in [0.15, 0.2) is 73.1 Å². The molecule has 0 unspecified atom stereocenters. The summed E-state index contributed by atoms with van der Waals surface area (Å²) in [6.07, 6.45) is 6.09. The third kappa shape index (κ3) is 5.97. The van der Waals surface area contributed by atoms with Crippen molar-refractivity contribution in [3.8, 4) is 0 Å². The number of aromatic nitrogens is 1. The molecule has 0 fully saturated rings. The van der Waals surface area contributed by atoms with Crippen molar-refractivity contribution in [2.24, 2.45) is 0 Å². The molecule has 1 amide bonds. The molecule has 0 aliphatic carbocycles. The Morgan fingerprint density at radius 3 is 2.76 bits per heavy atom. The van der Waals surface area contributed by atoms with E-state index in [2.05, 4.69) is 15.6 Å². The third-order valence-corrected chi connectivity index (χ3v) is 4.34. The Balaban J connectivity index is 1.59. The van der Waals surface area contributed by atoms with Crippen LogP contribution in [0.1, 0.15) is 29.7 Å². The molecule has 3 aromatic rings. The lowest BCUT2D eigenvalue weighted by atomic mass is 10.1. The van der Waals surface area contributed by atoms with Gasteiger partial charge in [-0.25, -0.2) is 8.78 Å². The Kier molecular flexibility index (Phi) is 6.68. The molecular weight excluding hydrogens is 372 g/mol. The molecule has 0 saturated carbocycles. The predicted molar refractivity (Wildman–Crippen MR) is 110 cm³/mol. The summed E-state index contributed by atoms with van der Waals surface area (Å²) in [6.45, 7) is 2.51. The second-order valence-electron chi connectivity index (χ2n) is 6.57. The fourth-order valence-corrected chi connectivity index (χ4v) is 2.77. The Morgan fingerprint density at radius 1 is 1.14 bits per heavy atom. The molecular formula is C23H21F2N3O. The quantitative estimate of drug-likeness (QED) is 0.564. The van der Waals surface area contributed by atoms with Gasteiger partial charge in [0.2, 0.25) is 5.91 Å². The fraction of sp³-hybridized carbons (Fsp3) is 0.130. The van der Waals surface area contributed by atoms with E-state index < -0.39 is 11.6 Å². The topological polar surface area (TPSA) is 54.0 Å². The van der Waals surface area contributed by atoms with Crippen molar-refractivity contribution in [2.45, 2.75) is 19.5 Å². The highest BCUT2D eigenvalue weighted by Crippen LogP contribution is 2.18. The lowest BCUT2D eigenvalue weighted by molar-refractivity contribution is -0.117. The molecule has 29 heavy (non-hydrogen) atoms. The molecule has 2 N–H and O–H groups in total. The Morgan fingerprint density at radius 2 is 2.00 bits per heavy atom. The maximum Gasteiger partial charge on any atom is 0.244 e. The standard InChI is InChI=1S/C23H21F2N3O/c1-16(28-23(29)10-8-18-7-9-20(24)13-22(18)25)19-5-2-6-21(12-19)27-15-17-4-3-11-26-14-17/h2-14,16,27H,15H2,1H3,(H,28,29)/t16-/m0/s1. The number of rotatable bonds is 7. The van der Waals surface area contributed by atoms with Crippen LogP contribution in [0.4, 0.5) is 14.5 Å². The second-order valence-corrected chi connectivity index (χ2v) is 6.57. The number of nitrogens with zero attached hydrogens (tertiary/aromatic N) is 1. The van der Waals surface area contributed by atoms with Crippen molar-refractivity contribution in [1.29, 1.82) is 0 Å². The normalized spacial score (nSPS) is 12.0. The van der Waals surface area contributed by atoms with Gasteiger partial charge < -0.3 is 10.6 Å². The zero-order valence-corrected chi connectivity index (χ0v) is 15.9. The molecule has 148 valence electrons. The summed E-state index contributed by atoms with van der Waals surface area (Å²) in [6, 6.07) is 14.6. The molecule has 6 heteroatoms. The van der Waals surface area contributed by atoms with E-state index in [0.717, 1.165) is 28.9 Å². The summed E-state index contributed by atoms with van der Waals surface area (Å²) in [5.74, 6) is -1.74. The number of amides is 1. The molecule has 0 saturated heterocycles. The van der Waals surface area contributed by atoms with Gasteiger partial charge in [-0.1, -0.05) is 18.2 Å². The highest BCUT2D eigenvalue weighted by molar-refractivity contribution is 5.92. The average Bonchev–Trinajstić information content (AvgIpc) is 2.72. The largest absolute Gasteiger partial charge is 0.381 e. The number of carbonyl (C=O) groups is 1. The molecule has 1 atom stereocenters. The minimum Gasteiger partial charge on any atom is -0.381 e. The molecule has 0 bridgehead atoms. The van der Waals surface area contributed by atoms with Gasteiger partial charge in [-0.15, -0.1) is 0 Å². The Labute approximate surface area is 168 Å². The van der Waals surface area contributed by atoms with Crippen LogP contribution in [-0.4, -0.2) is 10.9 Å². The molecule has 4 nitrogen and oxygen atoms in total. The first-order valence-electron chi connectivity index (χ1n) is 9.17. The zero-order valence-electron chi connectivity index (χ0n) is 15.9. The van der Waals surface area contributed by atoms with E-state index in [1.54, 1.807) is 12.4 Å². The lowest BCUT2D eigenvalue weighted by Crippen LogP contribution is -2.24. The zero-order chi connectivity index (χ0) is 20.6. The summed E-state index contributed by atoms with van der Waals surface area (Å²) in [7, 11) is 0. The third-order valence-electron chi connectivity index (χ3n) is 4.34. The number of hydrogen-bond acceptors (Lipinski definition) is 3.